The molecule has 0 spiro atoms. The van der Waals surface area contributed by atoms with Gasteiger partial charge in [-0.2, -0.15) is 0 Å². The normalized spacial score (nSPS) is 14.8. The summed E-state index contributed by atoms with van der Waals surface area (Å²) >= 11 is 3.50. The zero-order valence-electron chi connectivity index (χ0n) is 10.8. The number of hydrogen-bond donors (Lipinski definition) is 1. The number of pyridine rings is 1. The Morgan fingerprint density at radius 2 is 2.30 bits per heavy atom. The fourth-order valence-corrected chi connectivity index (χ4v) is 3.08. The first-order valence-electron chi connectivity index (χ1n) is 6.44. The van der Waals surface area contributed by atoms with Gasteiger partial charge in [0.1, 0.15) is 11.6 Å². The first kappa shape index (κ1) is 13.5. The zero-order chi connectivity index (χ0) is 14.1. The largest absolute Gasteiger partial charge is 0.493 e. The Kier molecular flexibility index (Phi) is 3.72. The number of benzene rings is 1. The van der Waals surface area contributed by atoms with E-state index in [-0.39, 0.29) is 5.82 Å². The van der Waals surface area contributed by atoms with Crippen molar-refractivity contribution in [2.24, 2.45) is 5.73 Å². The highest BCUT2D eigenvalue weighted by molar-refractivity contribution is 9.10. The Morgan fingerprint density at radius 3 is 3.10 bits per heavy atom. The summed E-state index contributed by atoms with van der Waals surface area (Å²) in [6, 6.07) is 5.26. The second-order valence-corrected chi connectivity index (χ2v) is 5.78. The average Bonchev–Trinajstić information content (AvgIpc) is 2.87. The molecule has 104 valence electrons. The van der Waals surface area contributed by atoms with Crippen LogP contribution in [0.5, 0.6) is 5.75 Å². The Morgan fingerprint density at radius 1 is 1.45 bits per heavy atom. The number of aromatic nitrogens is 1. The summed E-state index contributed by atoms with van der Waals surface area (Å²) < 4.78 is 20.4. The van der Waals surface area contributed by atoms with Gasteiger partial charge < -0.3 is 10.5 Å². The molecule has 0 bridgehead atoms. The molecule has 2 heterocycles. The second-order valence-electron chi connectivity index (χ2n) is 4.86. The van der Waals surface area contributed by atoms with Crippen LogP contribution in [0.4, 0.5) is 4.39 Å². The van der Waals surface area contributed by atoms with E-state index in [9.17, 15) is 4.39 Å². The van der Waals surface area contributed by atoms with E-state index in [1.807, 2.05) is 6.07 Å². The van der Waals surface area contributed by atoms with E-state index in [1.165, 1.54) is 11.8 Å². The van der Waals surface area contributed by atoms with Crippen molar-refractivity contribution in [2.45, 2.75) is 18.9 Å². The minimum absolute atomic E-state index is 0.368. The molecule has 0 amide bonds. The highest BCUT2D eigenvalue weighted by atomic mass is 79.9. The lowest BCUT2D eigenvalue weighted by molar-refractivity contribution is 0.352. The van der Waals surface area contributed by atoms with Gasteiger partial charge in [-0.25, -0.2) is 4.39 Å². The maximum absolute atomic E-state index is 13.7. The molecule has 20 heavy (non-hydrogen) atoms. The summed E-state index contributed by atoms with van der Waals surface area (Å²) in [5.74, 6) is 0.533. The molecule has 1 aliphatic rings. The monoisotopic (exact) mass is 336 g/mol. The summed E-state index contributed by atoms with van der Waals surface area (Å²) in [6.07, 6.45) is 4.18. The third-order valence-corrected chi connectivity index (χ3v) is 3.93. The maximum atomic E-state index is 13.7. The topological polar surface area (TPSA) is 48.1 Å². The standard InChI is InChI=1S/C15H14BrFN2O/c16-11-5-9-2-4-20-15(9)10(6-11)7-14(18)12-1-3-19-8-13(12)17/h1,3,5-6,8,14H,2,4,7,18H2. The second kappa shape index (κ2) is 5.50. The van der Waals surface area contributed by atoms with Gasteiger partial charge in [-0.1, -0.05) is 15.9 Å². The van der Waals surface area contributed by atoms with Crippen LogP contribution in [-0.4, -0.2) is 11.6 Å². The van der Waals surface area contributed by atoms with E-state index >= 15 is 0 Å². The first-order chi connectivity index (χ1) is 9.65. The first-order valence-corrected chi connectivity index (χ1v) is 7.23. The summed E-state index contributed by atoms with van der Waals surface area (Å²) in [7, 11) is 0. The molecule has 3 nitrogen and oxygen atoms in total. The van der Waals surface area contributed by atoms with Crippen molar-refractivity contribution in [3.63, 3.8) is 0 Å². The number of nitrogens with zero attached hydrogens (tertiary/aromatic N) is 1. The third-order valence-electron chi connectivity index (χ3n) is 3.47. The number of hydrogen-bond acceptors (Lipinski definition) is 3. The van der Waals surface area contributed by atoms with Crippen LogP contribution >= 0.6 is 15.9 Å². The number of ether oxygens (including phenoxy) is 1. The molecule has 0 aliphatic carbocycles. The molecular weight excluding hydrogens is 323 g/mol. The zero-order valence-corrected chi connectivity index (χ0v) is 12.4. The highest BCUT2D eigenvalue weighted by Gasteiger charge is 2.20. The van der Waals surface area contributed by atoms with Gasteiger partial charge in [0.2, 0.25) is 0 Å². The van der Waals surface area contributed by atoms with E-state index in [0.29, 0.717) is 18.6 Å². The van der Waals surface area contributed by atoms with Gasteiger partial charge in [0.05, 0.1) is 12.8 Å². The fraction of sp³-hybridized carbons (Fsp3) is 0.267. The lowest BCUT2D eigenvalue weighted by atomic mass is 9.98. The molecule has 1 aromatic carbocycles. The van der Waals surface area contributed by atoms with Crippen LogP contribution in [0.25, 0.3) is 0 Å². The molecule has 1 atom stereocenters. The Bertz CT molecular complexity index is 648. The van der Waals surface area contributed by atoms with Gasteiger partial charge in [-0.05, 0) is 35.7 Å². The smallest absolute Gasteiger partial charge is 0.146 e. The van der Waals surface area contributed by atoms with Gasteiger partial charge in [0.25, 0.3) is 0 Å². The SMILES string of the molecule is NC(Cc1cc(Br)cc2c1OCC2)c1ccncc1F. The molecule has 1 aliphatic heterocycles. The van der Waals surface area contributed by atoms with Crippen LogP contribution in [0, 0.1) is 5.82 Å². The Balaban J connectivity index is 1.90. The molecule has 2 aromatic rings. The van der Waals surface area contributed by atoms with Gasteiger partial charge in [0, 0.05) is 28.7 Å². The molecule has 0 radical (unpaired) electrons. The lowest BCUT2D eigenvalue weighted by Gasteiger charge is -2.15. The summed E-state index contributed by atoms with van der Waals surface area (Å²) in [5.41, 5.74) is 8.80. The molecule has 1 aromatic heterocycles. The molecule has 1 unspecified atom stereocenters. The predicted molar refractivity (Wildman–Crippen MR) is 78.2 cm³/mol. The van der Waals surface area contributed by atoms with Crippen LogP contribution in [0.2, 0.25) is 0 Å². The van der Waals surface area contributed by atoms with Gasteiger partial charge in [0.15, 0.2) is 0 Å². The van der Waals surface area contributed by atoms with E-state index in [2.05, 4.69) is 27.0 Å². The van der Waals surface area contributed by atoms with Crippen LogP contribution in [-0.2, 0) is 12.8 Å². The predicted octanol–water partition coefficient (Wildman–Crippen LogP) is 3.16. The van der Waals surface area contributed by atoms with Crippen molar-refractivity contribution in [3.8, 4) is 5.75 Å². The van der Waals surface area contributed by atoms with Crippen LogP contribution in [0.1, 0.15) is 22.7 Å². The minimum atomic E-state index is -0.416. The van der Waals surface area contributed by atoms with Gasteiger partial charge in [-0.3, -0.25) is 4.98 Å². The minimum Gasteiger partial charge on any atom is -0.493 e. The molecule has 2 N–H and O–H groups in total. The van der Waals surface area contributed by atoms with Gasteiger partial charge >= 0.3 is 0 Å². The molecule has 0 saturated heterocycles. The van der Waals surface area contributed by atoms with Crippen LogP contribution < -0.4 is 10.5 Å². The molecule has 3 rings (SSSR count). The summed E-state index contributed by atoms with van der Waals surface area (Å²) in [5, 5.41) is 0. The van der Waals surface area contributed by atoms with Crippen LogP contribution in [0.3, 0.4) is 0 Å². The summed E-state index contributed by atoms with van der Waals surface area (Å²) in [6.45, 7) is 0.692. The Labute approximate surface area is 125 Å². The number of nitrogens with two attached hydrogens (primary N) is 1. The van der Waals surface area contributed by atoms with Crippen molar-refractivity contribution in [1.82, 2.24) is 4.98 Å². The van der Waals surface area contributed by atoms with Crippen LogP contribution in [0.15, 0.2) is 35.1 Å². The number of fused-ring (bicyclic) bond motifs is 1. The molecule has 0 saturated carbocycles. The fourth-order valence-electron chi connectivity index (χ4n) is 2.53. The van der Waals surface area contributed by atoms with Crippen molar-refractivity contribution in [2.75, 3.05) is 6.61 Å². The Hall–Kier alpha value is -1.46. The van der Waals surface area contributed by atoms with Gasteiger partial charge in [-0.15, -0.1) is 0 Å². The van der Waals surface area contributed by atoms with Crippen molar-refractivity contribution in [1.29, 1.82) is 0 Å². The third kappa shape index (κ3) is 2.55. The molecule has 0 fully saturated rings. The molecular formula is C15H14BrFN2O. The van der Waals surface area contributed by atoms with Crippen molar-refractivity contribution < 1.29 is 9.13 Å². The maximum Gasteiger partial charge on any atom is 0.146 e. The molecule has 5 heteroatoms. The van der Waals surface area contributed by atoms with E-state index in [0.717, 1.165) is 22.2 Å². The van der Waals surface area contributed by atoms with Crippen molar-refractivity contribution >= 4 is 15.9 Å². The quantitative estimate of drug-likeness (QED) is 0.936. The number of halogens is 2. The van der Waals surface area contributed by atoms with E-state index in [4.69, 9.17) is 10.5 Å². The summed E-state index contributed by atoms with van der Waals surface area (Å²) in [4.78, 5) is 3.74. The number of rotatable bonds is 3. The highest BCUT2D eigenvalue weighted by Crippen LogP contribution is 2.35. The van der Waals surface area contributed by atoms with E-state index < -0.39 is 6.04 Å². The lowest BCUT2D eigenvalue weighted by Crippen LogP contribution is -2.15. The average molecular weight is 337 g/mol. The van der Waals surface area contributed by atoms with E-state index in [1.54, 1.807) is 12.3 Å². The van der Waals surface area contributed by atoms with Crippen molar-refractivity contribution in [3.05, 3.63) is 57.6 Å².